The second-order valence-electron chi connectivity index (χ2n) is 8.61. The lowest BCUT2D eigenvalue weighted by Gasteiger charge is -2.25. The molecule has 0 spiro atoms. The minimum Gasteiger partial charge on any atom is -0.362 e. The summed E-state index contributed by atoms with van der Waals surface area (Å²) in [5.74, 6) is 2.33. The summed E-state index contributed by atoms with van der Waals surface area (Å²) in [6.07, 6.45) is 9.19. The summed E-state index contributed by atoms with van der Waals surface area (Å²) in [6.45, 7) is 4.90. The monoisotopic (exact) mass is 456 g/mol. The van der Waals surface area contributed by atoms with Crippen LogP contribution in [0.5, 0.6) is 0 Å². The van der Waals surface area contributed by atoms with E-state index in [1.54, 1.807) is 0 Å². The Balaban J connectivity index is 1.36. The van der Waals surface area contributed by atoms with Crippen molar-refractivity contribution in [1.82, 2.24) is 15.3 Å². The number of rotatable bonds is 7. The van der Waals surface area contributed by atoms with Gasteiger partial charge in [-0.1, -0.05) is 25.0 Å². The molecule has 0 saturated carbocycles. The third-order valence-corrected chi connectivity index (χ3v) is 6.37. The highest BCUT2D eigenvalue weighted by Gasteiger charge is 2.19. The molecule has 2 aliphatic rings. The standard InChI is InChI=1S/C24H33FN6S/c25-20-11-9-19(10-12-20)8-7-13-26-24(32)29-23-27-21(30-14-3-1-2-4-15-30)18-22(28-23)31-16-5-6-17-31/h9-12,18H,1-8,13-17H2,(H2,26,27,28,29,32). The first-order valence-electron chi connectivity index (χ1n) is 11.9. The molecule has 2 fully saturated rings. The van der Waals surface area contributed by atoms with Gasteiger partial charge in [-0.2, -0.15) is 9.97 Å². The largest absolute Gasteiger partial charge is 0.362 e. The van der Waals surface area contributed by atoms with Crippen LogP contribution >= 0.6 is 12.2 Å². The SMILES string of the molecule is Fc1ccc(CCCNC(=S)Nc2nc(N3CCCCCC3)cc(N3CCCC3)n2)cc1. The Hall–Kier alpha value is -2.48. The molecule has 1 aromatic heterocycles. The van der Waals surface area contributed by atoms with E-state index in [2.05, 4.69) is 26.5 Å². The summed E-state index contributed by atoms with van der Waals surface area (Å²) in [5.41, 5.74) is 1.12. The van der Waals surface area contributed by atoms with Crippen molar-refractivity contribution in [3.8, 4) is 0 Å². The number of aromatic nitrogens is 2. The van der Waals surface area contributed by atoms with Gasteiger partial charge in [-0.05, 0) is 68.4 Å². The molecular weight excluding hydrogens is 423 g/mol. The second kappa shape index (κ2) is 11.4. The van der Waals surface area contributed by atoms with Gasteiger partial charge in [0.25, 0.3) is 0 Å². The first-order valence-corrected chi connectivity index (χ1v) is 12.3. The van der Waals surface area contributed by atoms with Crippen molar-refractivity contribution in [1.29, 1.82) is 0 Å². The lowest BCUT2D eigenvalue weighted by atomic mass is 10.1. The minimum absolute atomic E-state index is 0.201. The van der Waals surface area contributed by atoms with Crippen LogP contribution in [0.15, 0.2) is 30.3 Å². The molecule has 0 bridgehead atoms. The Morgan fingerprint density at radius 3 is 2.03 bits per heavy atom. The van der Waals surface area contributed by atoms with Crippen molar-refractivity contribution in [2.24, 2.45) is 0 Å². The molecule has 2 aromatic rings. The van der Waals surface area contributed by atoms with Gasteiger partial charge in [-0.3, -0.25) is 0 Å². The first kappa shape index (κ1) is 22.7. The normalized spacial score (nSPS) is 16.7. The average molecular weight is 457 g/mol. The molecule has 0 atom stereocenters. The van der Waals surface area contributed by atoms with Crippen LogP contribution in [0.3, 0.4) is 0 Å². The maximum Gasteiger partial charge on any atom is 0.232 e. The quantitative estimate of drug-likeness (QED) is 0.469. The molecule has 8 heteroatoms. The molecule has 0 amide bonds. The number of benzene rings is 1. The van der Waals surface area contributed by atoms with Gasteiger partial charge in [-0.15, -0.1) is 0 Å². The van der Waals surface area contributed by atoms with Crippen LogP contribution in [-0.4, -0.2) is 47.8 Å². The highest BCUT2D eigenvalue weighted by Crippen LogP contribution is 2.26. The van der Waals surface area contributed by atoms with Gasteiger partial charge >= 0.3 is 0 Å². The molecule has 4 rings (SSSR count). The molecule has 6 nitrogen and oxygen atoms in total. The fourth-order valence-electron chi connectivity index (χ4n) is 4.34. The molecule has 0 unspecified atom stereocenters. The zero-order chi connectivity index (χ0) is 22.2. The third-order valence-electron chi connectivity index (χ3n) is 6.13. The third kappa shape index (κ3) is 6.51. The maximum absolute atomic E-state index is 13.0. The molecule has 32 heavy (non-hydrogen) atoms. The Labute approximate surface area is 195 Å². The summed E-state index contributed by atoms with van der Waals surface area (Å²) in [5, 5.41) is 6.98. The summed E-state index contributed by atoms with van der Waals surface area (Å²) >= 11 is 5.50. The Morgan fingerprint density at radius 1 is 0.875 bits per heavy atom. The van der Waals surface area contributed by atoms with Gasteiger partial charge < -0.3 is 20.4 Å². The Morgan fingerprint density at radius 2 is 1.44 bits per heavy atom. The van der Waals surface area contributed by atoms with Gasteiger partial charge in [-0.25, -0.2) is 4.39 Å². The molecule has 0 aliphatic carbocycles. The van der Waals surface area contributed by atoms with Gasteiger partial charge in [0.15, 0.2) is 5.11 Å². The van der Waals surface area contributed by atoms with Gasteiger partial charge in [0, 0.05) is 38.8 Å². The summed E-state index contributed by atoms with van der Waals surface area (Å²) in [7, 11) is 0. The van der Waals surface area contributed by atoms with Crippen LogP contribution in [0.25, 0.3) is 0 Å². The van der Waals surface area contributed by atoms with Crippen LogP contribution < -0.4 is 20.4 Å². The van der Waals surface area contributed by atoms with Crippen LogP contribution in [-0.2, 0) is 6.42 Å². The summed E-state index contributed by atoms with van der Waals surface area (Å²) in [4.78, 5) is 14.3. The van der Waals surface area contributed by atoms with E-state index in [1.165, 1.54) is 50.7 Å². The Bertz CT molecular complexity index is 877. The van der Waals surface area contributed by atoms with Crippen molar-refractivity contribution in [2.45, 2.75) is 51.4 Å². The highest BCUT2D eigenvalue weighted by atomic mass is 32.1. The molecule has 1 aromatic carbocycles. The minimum atomic E-state index is -0.201. The predicted octanol–water partition coefficient (Wildman–Crippen LogP) is 4.52. The number of anilines is 3. The van der Waals surface area contributed by atoms with E-state index < -0.39 is 0 Å². The van der Waals surface area contributed by atoms with Crippen molar-refractivity contribution in [3.63, 3.8) is 0 Å². The van der Waals surface area contributed by atoms with E-state index in [0.717, 1.165) is 62.8 Å². The van der Waals surface area contributed by atoms with Crippen LogP contribution in [0.2, 0.25) is 0 Å². The molecule has 2 saturated heterocycles. The van der Waals surface area contributed by atoms with E-state index in [4.69, 9.17) is 22.2 Å². The topological polar surface area (TPSA) is 56.3 Å². The van der Waals surface area contributed by atoms with Gasteiger partial charge in [0.1, 0.15) is 17.5 Å². The number of nitrogens with zero attached hydrogens (tertiary/aromatic N) is 4. The molecule has 0 radical (unpaired) electrons. The summed E-state index contributed by atoms with van der Waals surface area (Å²) < 4.78 is 13.0. The number of aryl methyl sites for hydroxylation is 1. The van der Waals surface area contributed by atoms with Crippen molar-refractivity contribution in [3.05, 3.63) is 41.7 Å². The number of thiocarbonyl (C=S) groups is 1. The van der Waals surface area contributed by atoms with E-state index in [9.17, 15) is 4.39 Å². The van der Waals surface area contributed by atoms with Gasteiger partial charge in [0.2, 0.25) is 5.95 Å². The van der Waals surface area contributed by atoms with Crippen molar-refractivity contribution in [2.75, 3.05) is 47.8 Å². The van der Waals surface area contributed by atoms with Crippen LogP contribution in [0.4, 0.5) is 22.0 Å². The zero-order valence-electron chi connectivity index (χ0n) is 18.7. The molecule has 172 valence electrons. The van der Waals surface area contributed by atoms with E-state index in [1.807, 2.05) is 12.1 Å². The molecule has 2 aliphatic heterocycles. The number of nitrogens with one attached hydrogen (secondary N) is 2. The zero-order valence-corrected chi connectivity index (χ0v) is 19.5. The smallest absolute Gasteiger partial charge is 0.232 e. The first-order chi connectivity index (χ1) is 15.7. The fourth-order valence-corrected chi connectivity index (χ4v) is 4.53. The number of halogens is 1. The lowest BCUT2D eigenvalue weighted by Crippen LogP contribution is -2.31. The van der Waals surface area contributed by atoms with Crippen molar-refractivity contribution >= 4 is 34.9 Å². The average Bonchev–Trinajstić information content (AvgIpc) is 3.20. The highest BCUT2D eigenvalue weighted by molar-refractivity contribution is 7.80. The second-order valence-corrected chi connectivity index (χ2v) is 9.02. The van der Waals surface area contributed by atoms with Crippen LogP contribution in [0, 0.1) is 5.82 Å². The van der Waals surface area contributed by atoms with Gasteiger partial charge in [0.05, 0.1) is 0 Å². The van der Waals surface area contributed by atoms with Crippen molar-refractivity contribution < 1.29 is 4.39 Å². The summed E-state index contributed by atoms with van der Waals surface area (Å²) in [6, 6.07) is 8.80. The maximum atomic E-state index is 13.0. The number of hydrogen-bond acceptors (Lipinski definition) is 5. The fraction of sp³-hybridized carbons (Fsp3) is 0.542. The van der Waals surface area contributed by atoms with E-state index >= 15 is 0 Å². The molecule has 2 N–H and O–H groups in total. The number of hydrogen-bond donors (Lipinski definition) is 2. The lowest BCUT2D eigenvalue weighted by molar-refractivity contribution is 0.626. The van der Waals surface area contributed by atoms with E-state index in [-0.39, 0.29) is 5.82 Å². The predicted molar refractivity (Wildman–Crippen MR) is 133 cm³/mol. The van der Waals surface area contributed by atoms with E-state index in [0.29, 0.717) is 11.1 Å². The molecule has 3 heterocycles. The Kier molecular flexibility index (Phi) is 8.09. The molecular formula is C24H33FN6S. The van der Waals surface area contributed by atoms with Crippen LogP contribution in [0.1, 0.15) is 50.5 Å².